The van der Waals surface area contributed by atoms with Crippen molar-refractivity contribution in [2.24, 2.45) is 5.10 Å². The molecule has 0 aliphatic carbocycles. The van der Waals surface area contributed by atoms with Gasteiger partial charge >= 0.3 is 0 Å². The summed E-state index contributed by atoms with van der Waals surface area (Å²) in [5, 5.41) is 5.50. The number of para-hydroxylation sites is 1. The normalized spacial score (nSPS) is 11.4. The molecule has 0 fully saturated rings. The molecule has 0 saturated heterocycles. The van der Waals surface area contributed by atoms with Crippen LogP contribution in [0.2, 0.25) is 0 Å². The van der Waals surface area contributed by atoms with Crippen LogP contribution in [0.25, 0.3) is 16.6 Å². The van der Waals surface area contributed by atoms with E-state index in [9.17, 15) is 0 Å². The maximum atomic E-state index is 4.57. The lowest BCUT2D eigenvalue weighted by Crippen LogP contribution is -1.99. The molecule has 0 spiro atoms. The minimum Gasteiger partial charge on any atom is -0.318 e. The van der Waals surface area contributed by atoms with Crippen molar-refractivity contribution in [1.29, 1.82) is 0 Å². The van der Waals surface area contributed by atoms with E-state index in [0.717, 1.165) is 38.1 Å². The molecular weight excluding hydrogens is 400 g/mol. The van der Waals surface area contributed by atoms with Gasteiger partial charge in [-0.15, -0.1) is 0 Å². The lowest BCUT2D eigenvalue weighted by molar-refractivity contribution is 0.964. The number of benzene rings is 2. The number of aromatic nitrogens is 2. The van der Waals surface area contributed by atoms with Crippen molar-refractivity contribution in [1.82, 2.24) is 9.55 Å². The van der Waals surface area contributed by atoms with Crippen molar-refractivity contribution in [2.45, 2.75) is 13.8 Å². The Bertz CT molecular complexity index is 1130. The summed E-state index contributed by atoms with van der Waals surface area (Å²) in [5.41, 5.74) is 8.50. The van der Waals surface area contributed by atoms with E-state index < -0.39 is 0 Å². The van der Waals surface area contributed by atoms with E-state index in [2.05, 4.69) is 80.2 Å². The van der Waals surface area contributed by atoms with Gasteiger partial charge in [0.15, 0.2) is 0 Å². The molecule has 27 heavy (non-hydrogen) atoms. The number of rotatable bonds is 4. The van der Waals surface area contributed by atoms with Crippen LogP contribution >= 0.6 is 15.9 Å². The summed E-state index contributed by atoms with van der Waals surface area (Å²) in [6, 6.07) is 22.5. The van der Waals surface area contributed by atoms with Crippen LogP contribution in [0.4, 0.5) is 5.82 Å². The van der Waals surface area contributed by atoms with Gasteiger partial charge in [-0.1, -0.05) is 34.1 Å². The number of aryl methyl sites for hydroxylation is 1. The first-order valence-corrected chi connectivity index (χ1v) is 9.51. The highest BCUT2D eigenvalue weighted by molar-refractivity contribution is 9.10. The fourth-order valence-electron chi connectivity index (χ4n) is 3.20. The average Bonchev–Trinajstić information content (AvgIpc) is 2.96. The number of nitrogens with zero attached hydrogens (tertiary/aromatic N) is 3. The van der Waals surface area contributed by atoms with Crippen molar-refractivity contribution >= 4 is 38.9 Å². The Morgan fingerprint density at radius 2 is 1.78 bits per heavy atom. The molecule has 4 aromatic rings. The van der Waals surface area contributed by atoms with Crippen molar-refractivity contribution < 1.29 is 0 Å². The third kappa shape index (κ3) is 3.64. The van der Waals surface area contributed by atoms with Crippen LogP contribution in [0.3, 0.4) is 0 Å². The summed E-state index contributed by atoms with van der Waals surface area (Å²) < 4.78 is 3.30. The highest BCUT2D eigenvalue weighted by atomic mass is 79.9. The third-order valence-electron chi connectivity index (χ3n) is 4.54. The Kier molecular flexibility index (Phi) is 4.77. The van der Waals surface area contributed by atoms with Crippen LogP contribution in [0.15, 0.2) is 76.3 Å². The summed E-state index contributed by atoms with van der Waals surface area (Å²) in [7, 11) is 0. The topological polar surface area (TPSA) is 42.2 Å². The molecule has 4 rings (SSSR count). The highest BCUT2D eigenvalue weighted by Gasteiger charge is 2.09. The minimum atomic E-state index is 0.728. The Morgan fingerprint density at radius 1 is 1.00 bits per heavy atom. The van der Waals surface area contributed by atoms with Gasteiger partial charge in [0.1, 0.15) is 5.82 Å². The molecule has 5 heteroatoms. The van der Waals surface area contributed by atoms with E-state index in [-0.39, 0.29) is 0 Å². The number of pyridine rings is 1. The summed E-state index contributed by atoms with van der Waals surface area (Å²) in [4.78, 5) is 4.57. The molecule has 2 aromatic heterocycles. The van der Waals surface area contributed by atoms with E-state index in [1.165, 1.54) is 5.69 Å². The summed E-state index contributed by atoms with van der Waals surface area (Å²) in [5.74, 6) is 0.728. The van der Waals surface area contributed by atoms with Gasteiger partial charge < -0.3 is 4.57 Å². The molecule has 0 unspecified atom stereocenters. The van der Waals surface area contributed by atoms with Crippen LogP contribution in [-0.4, -0.2) is 15.8 Å². The largest absolute Gasteiger partial charge is 0.318 e. The van der Waals surface area contributed by atoms with Crippen LogP contribution in [0.1, 0.15) is 17.0 Å². The number of hydrogen-bond acceptors (Lipinski definition) is 3. The molecule has 0 atom stereocenters. The smallest absolute Gasteiger partial charge is 0.146 e. The standard InChI is InChI=1S/C22H19BrN4/c1-15-13-18(16(2)27(15)20-10-8-19(23)9-11-20)14-24-26-22-12-7-17-5-3-4-6-21(17)25-22/h3-14H,1-2H3,(H,25,26). The number of hydrazone groups is 1. The number of hydrogen-bond donors (Lipinski definition) is 1. The van der Waals surface area contributed by atoms with Gasteiger partial charge in [-0.05, 0) is 62.4 Å². The lowest BCUT2D eigenvalue weighted by Gasteiger charge is -2.09. The van der Waals surface area contributed by atoms with Gasteiger partial charge in [0.2, 0.25) is 0 Å². The van der Waals surface area contributed by atoms with Crippen LogP contribution < -0.4 is 5.43 Å². The molecular formula is C22H19BrN4. The van der Waals surface area contributed by atoms with Crippen molar-refractivity contribution in [2.75, 3.05) is 5.43 Å². The molecule has 0 aliphatic rings. The number of halogens is 1. The molecule has 1 N–H and O–H groups in total. The first-order chi connectivity index (χ1) is 13.1. The van der Waals surface area contributed by atoms with Gasteiger partial charge in [0.05, 0.1) is 11.7 Å². The monoisotopic (exact) mass is 418 g/mol. The second-order valence-electron chi connectivity index (χ2n) is 6.40. The summed E-state index contributed by atoms with van der Waals surface area (Å²) >= 11 is 3.49. The first-order valence-electron chi connectivity index (χ1n) is 8.71. The van der Waals surface area contributed by atoms with Crippen molar-refractivity contribution in [3.63, 3.8) is 0 Å². The Labute approximate surface area is 166 Å². The summed E-state index contributed by atoms with van der Waals surface area (Å²) in [6.07, 6.45) is 1.84. The molecule has 0 amide bonds. The maximum Gasteiger partial charge on any atom is 0.146 e. The van der Waals surface area contributed by atoms with E-state index in [1.54, 1.807) is 0 Å². The summed E-state index contributed by atoms with van der Waals surface area (Å²) in [6.45, 7) is 4.20. The molecule has 0 radical (unpaired) electrons. The van der Waals surface area contributed by atoms with Crippen LogP contribution in [0, 0.1) is 13.8 Å². The predicted octanol–water partition coefficient (Wildman–Crippen LogP) is 5.85. The van der Waals surface area contributed by atoms with E-state index in [4.69, 9.17) is 0 Å². The molecule has 0 bridgehead atoms. The molecule has 4 nitrogen and oxygen atoms in total. The first kappa shape index (κ1) is 17.5. The molecule has 0 aliphatic heterocycles. The quantitative estimate of drug-likeness (QED) is 0.333. The fraction of sp³-hybridized carbons (Fsp3) is 0.0909. The zero-order valence-corrected chi connectivity index (χ0v) is 16.7. The van der Waals surface area contributed by atoms with E-state index in [0.29, 0.717) is 0 Å². The van der Waals surface area contributed by atoms with E-state index >= 15 is 0 Å². The van der Waals surface area contributed by atoms with Gasteiger partial charge in [0.25, 0.3) is 0 Å². The second-order valence-corrected chi connectivity index (χ2v) is 7.31. The molecule has 0 saturated carbocycles. The van der Waals surface area contributed by atoms with Crippen LogP contribution in [0.5, 0.6) is 0 Å². The zero-order valence-electron chi connectivity index (χ0n) is 15.1. The Balaban J connectivity index is 1.57. The fourth-order valence-corrected chi connectivity index (χ4v) is 3.47. The minimum absolute atomic E-state index is 0.728. The van der Waals surface area contributed by atoms with E-state index in [1.807, 2.05) is 42.6 Å². The second kappa shape index (κ2) is 7.37. The van der Waals surface area contributed by atoms with Gasteiger partial charge in [-0.3, -0.25) is 5.43 Å². The van der Waals surface area contributed by atoms with Gasteiger partial charge in [-0.25, -0.2) is 4.98 Å². The predicted molar refractivity (Wildman–Crippen MR) is 116 cm³/mol. The lowest BCUT2D eigenvalue weighted by atomic mass is 10.2. The number of nitrogens with one attached hydrogen (secondary N) is 1. The van der Waals surface area contributed by atoms with Gasteiger partial charge in [-0.2, -0.15) is 5.10 Å². The average molecular weight is 419 g/mol. The van der Waals surface area contributed by atoms with Gasteiger partial charge in [0, 0.05) is 32.5 Å². The Morgan fingerprint density at radius 3 is 2.59 bits per heavy atom. The number of fused-ring (bicyclic) bond motifs is 1. The molecule has 2 aromatic carbocycles. The van der Waals surface area contributed by atoms with Crippen molar-refractivity contribution in [3.8, 4) is 5.69 Å². The van der Waals surface area contributed by atoms with Crippen LogP contribution in [-0.2, 0) is 0 Å². The Hall–Kier alpha value is -2.92. The highest BCUT2D eigenvalue weighted by Crippen LogP contribution is 2.21. The molecule has 134 valence electrons. The third-order valence-corrected chi connectivity index (χ3v) is 5.06. The maximum absolute atomic E-state index is 4.57. The zero-order chi connectivity index (χ0) is 18.8. The molecule has 2 heterocycles. The number of anilines is 1. The SMILES string of the molecule is Cc1cc(C=NNc2ccc3ccccc3n2)c(C)n1-c1ccc(Br)cc1. The van der Waals surface area contributed by atoms with Crippen molar-refractivity contribution in [3.05, 3.63) is 88.2 Å².